The van der Waals surface area contributed by atoms with Gasteiger partial charge in [0.05, 0.1) is 4.90 Å². The van der Waals surface area contributed by atoms with Gasteiger partial charge in [-0.05, 0) is 37.5 Å². The van der Waals surface area contributed by atoms with Crippen LogP contribution in [0.15, 0.2) is 40.6 Å². The van der Waals surface area contributed by atoms with Crippen LogP contribution in [0, 0.1) is 12.8 Å². The predicted molar refractivity (Wildman–Crippen MR) is 82.5 cm³/mol. The SMILES string of the molecule is CC(=O)O[C@H](/C=C/S(=O)(=O)c1ccc(C)cc1)CC(C)C. The lowest BCUT2D eigenvalue weighted by molar-refractivity contribution is -0.144. The highest BCUT2D eigenvalue weighted by atomic mass is 32.2. The molecule has 21 heavy (non-hydrogen) atoms. The van der Waals surface area contributed by atoms with Crippen molar-refractivity contribution in [2.24, 2.45) is 5.92 Å². The first kappa shape index (κ1) is 17.4. The molecule has 1 aromatic rings. The normalized spacial score (nSPS) is 13.6. The van der Waals surface area contributed by atoms with Gasteiger partial charge in [-0.3, -0.25) is 4.79 Å². The fraction of sp³-hybridized carbons (Fsp3) is 0.438. The molecule has 5 heteroatoms. The van der Waals surface area contributed by atoms with E-state index in [-0.39, 0.29) is 4.90 Å². The summed E-state index contributed by atoms with van der Waals surface area (Å²) in [6, 6.07) is 6.63. The minimum Gasteiger partial charge on any atom is -0.458 e. The molecule has 0 aromatic heterocycles. The van der Waals surface area contributed by atoms with E-state index in [2.05, 4.69) is 0 Å². The summed E-state index contributed by atoms with van der Waals surface area (Å²) in [5.74, 6) is -0.126. The summed E-state index contributed by atoms with van der Waals surface area (Å²) in [6.45, 7) is 7.18. The van der Waals surface area contributed by atoms with Crippen molar-refractivity contribution in [2.75, 3.05) is 0 Å². The minimum absolute atomic E-state index is 0.232. The molecule has 0 amide bonds. The number of ether oxygens (including phenoxy) is 1. The van der Waals surface area contributed by atoms with Gasteiger partial charge in [0.25, 0.3) is 0 Å². The maximum atomic E-state index is 12.2. The van der Waals surface area contributed by atoms with Crippen molar-refractivity contribution in [2.45, 2.75) is 45.1 Å². The van der Waals surface area contributed by atoms with Gasteiger partial charge in [-0.15, -0.1) is 0 Å². The molecule has 4 nitrogen and oxygen atoms in total. The minimum atomic E-state index is -3.52. The molecule has 0 fully saturated rings. The third kappa shape index (κ3) is 6.12. The van der Waals surface area contributed by atoms with Crippen LogP contribution in [0.1, 0.15) is 32.8 Å². The van der Waals surface area contributed by atoms with E-state index in [1.54, 1.807) is 24.3 Å². The number of carbonyl (C=O) groups is 1. The molecule has 0 aliphatic heterocycles. The first-order valence-corrected chi connectivity index (χ1v) is 8.42. The van der Waals surface area contributed by atoms with Crippen LogP contribution >= 0.6 is 0 Å². The van der Waals surface area contributed by atoms with Crippen molar-refractivity contribution in [1.82, 2.24) is 0 Å². The van der Waals surface area contributed by atoms with E-state index in [1.165, 1.54) is 13.0 Å². The van der Waals surface area contributed by atoms with Crippen LogP contribution in [-0.2, 0) is 19.4 Å². The van der Waals surface area contributed by atoms with E-state index in [0.29, 0.717) is 12.3 Å². The number of rotatable bonds is 6. The zero-order valence-electron chi connectivity index (χ0n) is 12.9. The molecular weight excluding hydrogens is 288 g/mol. The summed E-state index contributed by atoms with van der Waals surface area (Å²) in [7, 11) is -3.52. The Bertz CT molecular complexity index is 598. The van der Waals surface area contributed by atoms with Crippen LogP contribution in [0.4, 0.5) is 0 Å². The highest BCUT2D eigenvalue weighted by Crippen LogP contribution is 2.16. The van der Waals surface area contributed by atoms with E-state index in [9.17, 15) is 13.2 Å². The van der Waals surface area contributed by atoms with Gasteiger partial charge in [0.2, 0.25) is 0 Å². The van der Waals surface area contributed by atoms with E-state index in [0.717, 1.165) is 11.0 Å². The van der Waals surface area contributed by atoms with Gasteiger partial charge in [0.15, 0.2) is 9.84 Å². The Labute approximate surface area is 126 Å². The second-order valence-corrected chi connectivity index (χ2v) is 7.30. The van der Waals surface area contributed by atoms with Gasteiger partial charge in [-0.25, -0.2) is 8.42 Å². The molecule has 0 N–H and O–H groups in total. The lowest BCUT2D eigenvalue weighted by atomic mass is 10.1. The fourth-order valence-corrected chi connectivity index (χ4v) is 2.90. The van der Waals surface area contributed by atoms with Crippen molar-refractivity contribution in [3.8, 4) is 0 Å². The number of hydrogen-bond acceptors (Lipinski definition) is 4. The molecule has 0 unspecified atom stereocenters. The van der Waals surface area contributed by atoms with Gasteiger partial charge < -0.3 is 4.74 Å². The number of hydrogen-bond donors (Lipinski definition) is 0. The summed E-state index contributed by atoms with van der Waals surface area (Å²) in [5.41, 5.74) is 0.996. The summed E-state index contributed by atoms with van der Waals surface area (Å²) < 4.78 is 29.5. The van der Waals surface area contributed by atoms with E-state index in [4.69, 9.17) is 4.74 Å². The van der Waals surface area contributed by atoms with Crippen LogP contribution < -0.4 is 0 Å². The Morgan fingerprint density at radius 1 is 1.24 bits per heavy atom. The summed E-state index contributed by atoms with van der Waals surface area (Å²) in [5, 5.41) is 1.12. The van der Waals surface area contributed by atoms with Crippen molar-refractivity contribution in [1.29, 1.82) is 0 Å². The molecule has 1 rings (SSSR count). The Balaban J connectivity index is 2.92. The van der Waals surface area contributed by atoms with Gasteiger partial charge in [-0.2, -0.15) is 0 Å². The largest absolute Gasteiger partial charge is 0.458 e. The van der Waals surface area contributed by atoms with Gasteiger partial charge in [0.1, 0.15) is 6.10 Å². The molecule has 1 aromatic carbocycles. The summed E-state index contributed by atoms with van der Waals surface area (Å²) >= 11 is 0. The van der Waals surface area contributed by atoms with Crippen LogP contribution in [0.25, 0.3) is 0 Å². The number of sulfone groups is 1. The molecule has 116 valence electrons. The average Bonchev–Trinajstić information content (AvgIpc) is 2.35. The van der Waals surface area contributed by atoms with Gasteiger partial charge in [-0.1, -0.05) is 31.5 Å². The summed E-state index contributed by atoms with van der Waals surface area (Å²) in [4.78, 5) is 11.3. The van der Waals surface area contributed by atoms with Gasteiger partial charge >= 0.3 is 5.97 Å². The Kier molecular flexibility index (Phi) is 6.15. The monoisotopic (exact) mass is 310 g/mol. The number of carbonyl (C=O) groups excluding carboxylic acids is 1. The molecular formula is C16H22O4S. The molecule has 0 aliphatic carbocycles. The fourth-order valence-electron chi connectivity index (χ4n) is 1.84. The smallest absolute Gasteiger partial charge is 0.303 e. The van der Waals surface area contributed by atoms with Crippen molar-refractivity contribution in [3.63, 3.8) is 0 Å². The molecule has 1 atom stereocenters. The second kappa shape index (κ2) is 7.41. The van der Waals surface area contributed by atoms with E-state index >= 15 is 0 Å². The van der Waals surface area contributed by atoms with E-state index < -0.39 is 21.9 Å². The zero-order chi connectivity index (χ0) is 16.0. The van der Waals surface area contributed by atoms with Crippen LogP contribution in [0.5, 0.6) is 0 Å². The molecule has 0 aliphatic rings. The molecule has 0 bridgehead atoms. The number of esters is 1. The highest BCUT2D eigenvalue weighted by molar-refractivity contribution is 7.94. The Morgan fingerprint density at radius 3 is 2.29 bits per heavy atom. The van der Waals surface area contributed by atoms with Crippen LogP contribution in [-0.4, -0.2) is 20.5 Å². The lowest BCUT2D eigenvalue weighted by Gasteiger charge is -2.15. The first-order valence-electron chi connectivity index (χ1n) is 6.88. The number of benzene rings is 1. The van der Waals surface area contributed by atoms with E-state index in [1.807, 2.05) is 20.8 Å². The molecule has 0 saturated heterocycles. The third-order valence-electron chi connectivity index (χ3n) is 2.84. The molecule has 0 spiro atoms. The lowest BCUT2D eigenvalue weighted by Crippen LogP contribution is -2.16. The average molecular weight is 310 g/mol. The molecule has 0 saturated carbocycles. The highest BCUT2D eigenvalue weighted by Gasteiger charge is 2.14. The van der Waals surface area contributed by atoms with Crippen molar-refractivity contribution < 1.29 is 17.9 Å². The maximum absolute atomic E-state index is 12.2. The standard InChI is InChI=1S/C16H22O4S/c1-12(2)11-15(20-14(4)17)9-10-21(18,19)16-7-5-13(3)6-8-16/h5-10,12,15H,11H2,1-4H3/b10-9+/t15-/m1/s1. The number of aryl methyl sites for hydroxylation is 1. The first-order chi connectivity index (χ1) is 9.70. The third-order valence-corrected chi connectivity index (χ3v) is 4.29. The maximum Gasteiger partial charge on any atom is 0.303 e. The molecule has 0 radical (unpaired) electrons. The Hall–Kier alpha value is -1.62. The second-order valence-electron chi connectivity index (χ2n) is 5.46. The quantitative estimate of drug-likeness (QED) is 0.757. The van der Waals surface area contributed by atoms with Crippen LogP contribution in [0.2, 0.25) is 0 Å². The Morgan fingerprint density at radius 2 is 1.81 bits per heavy atom. The van der Waals surface area contributed by atoms with Crippen LogP contribution in [0.3, 0.4) is 0 Å². The van der Waals surface area contributed by atoms with Crippen molar-refractivity contribution >= 4 is 15.8 Å². The molecule has 0 heterocycles. The van der Waals surface area contributed by atoms with Gasteiger partial charge in [0, 0.05) is 12.3 Å². The zero-order valence-corrected chi connectivity index (χ0v) is 13.7. The summed E-state index contributed by atoms with van der Waals surface area (Å²) in [6.07, 6.45) is 1.50. The topological polar surface area (TPSA) is 60.4 Å². The van der Waals surface area contributed by atoms with Crippen molar-refractivity contribution in [3.05, 3.63) is 41.3 Å². The predicted octanol–water partition coefficient (Wildman–Crippen LogP) is 3.26.